The molecule has 0 radical (unpaired) electrons. The van der Waals surface area contributed by atoms with Gasteiger partial charge in [-0.25, -0.2) is 4.39 Å². The molecule has 0 spiro atoms. The average molecular weight is 437 g/mol. The molecule has 0 bridgehead atoms. The van der Waals surface area contributed by atoms with Crippen molar-refractivity contribution in [3.63, 3.8) is 0 Å². The van der Waals surface area contributed by atoms with Gasteiger partial charge < -0.3 is 14.2 Å². The van der Waals surface area contributed by atoms with Crippen molar-refractivity contribution in [3.8, 4) is 23.0 Å². The van der Waals surface area contributed by atoms with Crippen molar-refractivity contribution in [2.24, 2.45) is 0 Å². The summed E-state index contributed by atoms with van der Waals surface area (Å²) in [6, 6.07) is 12.2. The number of nitrogens with one attached hydrogen (secondary N) is 2. The number of carbonyl (C=O) groups excluding carboxylic acids is 2. The normalized spacial score (nSPS) is 10.5. The molecule has 0 saturated heterocycles. The number of amides is 2. The minimum Gasteiger partial charge on any atom is -0.493 e. The van der Waals surface area contributed by atoms with Gasteiger partial charge in [0.1, 0.15) is 5.75 Å². The number of aromatic nitrogens is 1. The molecular formula is C23H20FN3O5. The molecule has 8 nitrogen and oxygen atoms in total. The van der Waals surface area contributed by atoms with Gasteiger partial charge in [0.25, 0.3) is 11.8 Å². The van der Waals surface area contributed by atoms with Crippen LogP contribution in [0.5, 0.6) is 23.0 Å². The molecule has 9 heteroatoms. The van der Waals surface area contributed by atoms with Gasteiger partial charge >= 0.3 is 0 Å². The fourth-order valence-electron chi connectivity index (χ4n) is 2.62. The second-order valence-electron chi connectivity index (χ2n) is 6.33. The third-order valence-corrected chi connectivity index (χ3v) is 4.19. The van der Waals surface area contributed by atoms with Gasteiger partial charge in [-0.1, -0.05) is 6.07 Å². The second-order valence-corrected chi connectivity index (χ2v) is 6.33. The van der Waals surface area contributed by atoms with Gasteiger partial charge in [-0.05, 0) is 54.1 Å². The Morgan fingerprint density at radius 1 is 0.969 bits per heavy atom. The zero-order valence-corrected chi connectivity index (χ0v) is 17.3. The van der Waals surface area contributed by atoms with Crippen molar-refractivity contribution in [1.29, 1.82) is 0 Å². The number of hydrazine groups is 1. The summed E-state index contributed by atoms with van der Waals surface area (Å²) >= 11 is 0. The lowest BCUT2D eigenvalue weighted by atomic mass is 10.2. The number of benzene rings is 2. The summed E-state index contributed by atoms with van der Waals surface area (Å²) in [4.78, 5) is 28.1. The number of halogens is 1. The van der Waals surface area contributed by atoms with Crippen molar-refractivity contribution in [2.75, 3.05) is 14.2 Å². The smallest absolute Gasteiger partial charge is 0.269 e. The maximum absolute atomic E-state index is 14.3. The number of hydrogen-bond acceptors (Lipinski definition) is 6. The van der Waals surface area contributed by atoms with Crippen molar-refractivity contribution in [3.05, 3.63) is 83.9 Å². The highest BCUT2D eigenvalue weighted by Gasteiger charge is 2.11. The maximum Gasteiger partial charge on any atom is 0.269 e. The molecule has 0 saturated carbocycles. The molecule has 3 aromatic rings. The van der Waals surface area contributed by atoms with Crippen LogP contribution in [-0.4, -0.2) is 31.0 Å². The molecule has 2 aromatic carbocycles. The van der Waals surface area contributed by atoms with Crippen molar-refractivity contribution >= 4 is 17.9 Å². The molecule has 0 aliphatic carbocycles. The molecule has 0 aliphatic heterocycles. The molecule has 0 fully saturated rings. The van der Waals surface area contributed by atoms with Crippen LogP contribution >= 0.6 is 0 Å². The molecule has 2 N–H and O–H groups in total. The summed E-state index contributed by atoms with van der Waals surface area (Å²) in [5.41, 5.74) is 5.23. The third-order valence-electron chi connectivity index (χ3n) is 4.19. The Bertz CT molecular complexity index is 1140. The van der Waals surface area contributed by atoms with Gasteiger partial charge in [-0.15, -0.1) is 0 Å². The van der Waals surface area contributed by atoms with Crippen LogP contribution in [-0.2, 0) is 4.79 Å². The fraction of sp³-hybridized carbons (Fsp3) is 0.0870. The number of carbonyl (C=O) groups is 2. The van der Waals surface area contributed by atoms with Gasteiger partial charge in [0, 0.05) is 17.8 Å². The Labute approximate surface area is 183 Å². The van der Waals surface area contributed by atoms with Gasteiger partial charge in [0.05, 0.1) is 20.4 Å². The Balaban J connectivity index is 1.56. The molecule has 0 unspecified atom stereocenters. The predicted molar refractivity (Wildman–Crippen MR) is 115 cm³/mol. The summed E-state index contributed by atoms with van der Waals surface area (Å²) in [5.74, 6) is -0.464. The van der Waals surface area contributed by atoms with Gasteiger partial charge in [-0.2, -0.15) is 0 Å². The van der Waals surface area contributed by atoms with E-state index < -0.39 is 17.6 Å². The van der Waals surface area contributed by atoms with E-state index in [1.54, 1.807) is 30.5 Å². The molecule has 3 rings (SSSR count). The van der Waals surface area contributed by atoms with Crippen LogP contribution in [0, 0.1) is 5.82 Å². The fourth-order valence-corrected chi connectivity index (χ4v) is 2.62. The zero-order chi connectivity index (χ0) is 22.9. The Morgan fingerprint density at radius 3 is 2.44 bits per heavy atom. The first-order valence-corrected chi connectivity index (χ1v) is 9.38. The first kappa shape index (κ1) is 22.3. The third kappa shape index (κ3) is 5.82. The van der Waals surface area contributed by atoms with Crippen LogP contribution in [0.3, 0.4) is 0 Å². The first-order chi connectivity index (χ1) is 15.5. The first-order valence-electron chi connectivity index (χ1n) is 9.38. The number of nitrogens with zero attached hydrogens (tertiary/aromatic N) is 1. The highest BCUT2D eigenvalue weighted by atomic mass is 19.1. The van der Waals surface area contributed by atoms with Crippen LogP contribution in [0.25, 0.3) is 6.08 Å². The van der Waals surface area contributed by atoms with E-state index in [2.05, 4.69) is 15.8 Å². The molecule has 0 aliphatic rings. The lowest BCUT2D eigenvalue weighted by Gasteiger charge is -2.10. The minimum atomic E-state index is -0.602. The van der Waals surface area contributed by atoms with Crippen LogP contribution in [0.4, 0.5) is 4.39 Å². The van der Waals surface area contributed by atoms with Crippen molar-refractivity contribution < 1.29 is 28.2 Å². The summed E-state index contributed by atoms with van der Waals surface area (Å²) in [6.45, 7) is 0. The van der Waals surface area contributed by atoms with Gasteiger partial charge in [0.15, 0.2) is 23.1 Å². The molecule has 164 valence electrons. The average Bonchev–Trinajstić information content (AvgIpc) is 2.82. The number of ether oxygens (including phenoxy) is 3. The number of hydrogen-bond donors (Lipinski definition) is 2. The van der Waals surface area contributed by atoms with Crippen LogP contribution in [0.1, 0.15) is 15.9 Å². The topological polar surface area (TPSA) is 98.8 Å². The van der Waals surface area contributed by atoms with Crippen LogP contribution < -0.4 is 25.1 Å². The van der Waals surface area contributed by atoms with E-state index >= 15 is 0 Å². The molecule has 32 heavy (non-hydrogen) atoms. The Morgan fingerprint density at radius 2 is 1.75 bits per heavy atom. The lowest BCUT2D eigenvalue weighted by Crippen LogP contribution is -2.40. The predicted octanol–water partition coefficient (Wildman–Crippen LogP) is 3.50. The Hall–Kier alpha value is -4.40. The largest absolute Gasteiger partial charge is 0.493 e. The lowest BCUT2D eigenvalue weighted by molar-refractivity contribution is -0.117. The van der Waals surface area contributed by atoms with Crippen molar-refractivity contribution in [2.45, 2.75) is 0 Å². The van der Waals surface area contributed by atoms with Gasteiger partial charge in [0.2, 0.25) is 0 Å². The van der Waals surface area contributed by atoms with E-state index in [-0.39, 0.29) is 11.3 Å². The SMILES string of the molecule is COc1ccc(C(=O)NNC(=O)/C=C/c2ccc(Oc3cccnc3)c(F)c2)cc1OC. The van der Waals surface area contributed by atoms with E-state index in [1.165, 1.54) is 50.8 Å². The highest BCUT2D eigenvalue weighted by Crippen LogP contribution is 2.27. The maximum atomic E-state index is 14.3. The quantitative estimate of drug-likeness (QED) is 0.434. The summed E-state index contributed by atoms with van der Waals surface area (Å²) in [7, 11) is 2.93. The standard InChI is InChI=1S/C23H20FN3O5/c1-30-20-9-7-16(13-21(20)31-2)23(29)27-26-22(28)10-6-15-5-8-19(18(24)12-15)32-17-4-3-11-25-14-17/h3-14H,1-2H3,(H,26,28)(H,27,29)/b10-6+. The second kappa shape index (κ2) is 10.6. The van der Waals surface area contributed by atoms with E-state index in [0.717, 1.165) is 6.08 Å². The van der Waals surface area contributed by atoms with E-state index in [0.29, 0.717) is 22.8 Å². The molecule has 1 aromatic heterocycles. The number of methoxy groups -OCH3 is 2. The minimum absolute atomic E-state index is 0.0294. The van der Waals surface area contributed by atoms with E-state index in [1.807, 2.05) is 0 Å². The highest BCUT2D eigenvalue weighted by molar-refractivity contribution is 5.98. The van der Waals surface area contributed by atoms with Crippen molar-refractivity contribution in [1.82, 2.24) is 15.8 Å². The summed E-state index contributed by atoms with van der Waals surface area (Å²) < 4.78 is 29.9. The van der Waals surface area contributed by atoms with Crippen LogP contribution in [0.15, 0.2) is 67.0 Å². The van der Waals surface area contributed by atoms with Crippen LogP contribution in [0.2, 0.25) is 0 Å². The van der Waals surface area contributed by atoms with Gasteiger partial charge in [-0.3, -0.25) is 25.4 Å². The number of pyridine rings is 1. The molecule has 1 heterocycles. The molecular weight excluding hydrogens is 417 g/mol. The van der Waals surface area contributed by atoms with E-state index in [9.17, 15) is 14.0 Å². The molecule has 0 atom stereocenters. The zero-order valence-electron chi connectivity index (χ0n) is 17.3. The monoisotopic (exact) mass is 437 g/mol. The Kier molecular flexibility index (Phi) is 7.37. The van der Waals surface area contributed by atoms with E-state index in [4.69, 9.17) is 14.2 Å². The number of rotatable bonds is 7. The molecule has 2 amide bonds. The summed E-state index contributed by atoms with van der Waals surface area (Å²) in [5, 5.41) is 0. The summed E-state index contributed by atoms with van der Waals surface area (Å²) in [6.07, 6.45) is 5.60.